The smallest absolute Gasteiger partial charge is 0.268 e. The molecule has 9 heteroatoms. The van der Waals surface area contributed by atoms with Gasteiger partial charge in [0.2, 0.25) is 5.60 Å². The Bertz CT molecular complexity index is 993. The number of benzene rings is 2. The molecular weight excluding hydrogens is 401 g/mol. The quantitative estimate of drug-likeness (QED) is 0.640. The van der Waals surface area contributed by atoms with Crippen molar-refractivity contribution in [3.63, 3.8) is 0 Å². The third-order valence-electron chi connectivity index (χ3n) is 4.84. The highest BCUT2D eigenvalue weighted by Crippen LogP contribution is 2.32. The van der Waals surface area contributed by atoms with Gasteiger partial charge in [-0.1, -0.05) is 23.7 Å². The van der Waals surface area contributed by atoms with Crippen molar-refractivity contribution in [3.8, 4) is 0 Å². The Labute approximate surface area is 171 Å². The largest absolute Gasteiger partial charge is 0.372 e. The summed E-state index contributed by atoms with van der Waals surface area (Å²) in [5.41, 5.74) is 4.47. The summed E-state index contributed by atoms with van der Waals surface area (Å²) < 4.78 is 13.4. The van der Waals surface area contributed by atoms with Crippen LogP contribution in [0.2, 0.25) is 5.02 Å². The summed E-state index contributed by atoms with van der Waals surface area (Å²) in [7, 11) is 0. The molecule has 29 heavy (non-hydrogen) atoms. The van der Waals surface area contributed by atoms with E-state index in [1.54, 1.807) is 19.1 Å². The van der Waals surface area contributed by atoms with Crippen molar-refractivity contribution in [3.05, 3.63) is 63.9 Å². The predicted octanol–water partition coefficient (Wildman–Crippen LogP) is 1.67. The van der Waals surface area contributed by atoms with Gasteiger partial charge in [-0.2, -0.15) is 0 Å². The molecule has 3 amide bonds. The molecule has 4 N–H and O–H groups in total. The van der Waals surface area contributed by atoms with Crippen molar-refractivity contribution in [2.45, 2.75) is 25.5 Å². The topological polar surface area (TPSA) is 113 Å². The van der Waals surface area contributed by atoms with E-state index in [1.807, 2.05) is 0 Å². The zero-order chi connectivity index (χ0) is 21.3. The van der Waals surface area contributed by atoms with E-state index in [1.165, 1.54) is 23.1 Å². The number of anilines is 1. The standard InChI is InChI=1S/C20H19ClFN3O4/c1-11-3-2-4-15(16(11)17(23)26)25-6-5-20(29,19(25)28)18(27)24-10-12-7-13(21)9-14(22)8-12/h2-4,7-9,29H,5-6,10H2,1H3,(H2,23,26)(H,24,27)/t20-/m1/s1. The van der Waals surface area contributed by atoms with E-state index in [-0.39, 0.29) is 35.8 Å². The van der Waals surface area contributed by atoms with Gasteiger partial charge >= 0.3 is 0 Å². The number of hydrogen-bond donors (Lipinski definition) is 3. The number of primary amides is 1. The Morgan fingerprint density at radius 3 is 2.72 bits per heavy atom. The first-order valence-electron chi connectivity index (χ1n) is 8.80. The monoisotopic (exact) mass is 419 g/mol. The van der Waals surface area contributed by atoms with Crippen LogP contribution in [0.3, 0.4) is 0 Å². The average Bonchev–Trinajstić information content (AvgIpc) is 2.94. The van der Waals surface area contributed by atoms with E-state index in [9.17, 15) is 23.9 Å². The molecule has 1 saturated heterocycles. The third-order valence-corrected chi connectivity index (χ3v) is 5.05. The highest BCUT2D eigenvalue weighted by molar-refractivity contribution is 6.30. The Hall–Kier alpha value is -2.97. The van der Waals surface area contributed by atoms with Gasteiger partial charge in [-0.15, -0.1) is 0 Å². The van der Waals surface area contributed by atoms with Crippen molar-refractivity contribution < 1.29 is 23.9 Å². The summed E-state index contributed by atoms with van der Waals surface area (Å²) in [6.45, 7) is 1.58. The molecule has 1 fully saturated rings. The molecule has 1 heterocycles. The van der Waals surface area contributed by atoms with Gasteiger partial charge < -0.3 is 21.1 Å². The number of carbonyl (C=O) groups excluding carboxylic acids is 3. The van der Waals surface area contributed by atoms with E-state index in [0.717, 1.165) is 6.07 Å². The van der Waals surface area contributed by atoms with Gasteiger partial charge in [0.25, 0.3) is 17.7 Å². The second kappa shape index (κ2) is 7.81. The summed E-state index contributed by atoms with van der Waals surface area (Å²) in [6.07, 6.45) is -0.173. The normalized spacial score (nSPS) is 18.8. The van der Waals surface area contributed by atoms with Gasteiger partial charge in [0.1, 0.15) is 5.82 Å². The zero-order valence-corrected chi connectivity index (χ0v) is 16.3. The van der Waals surface area contributed by atoms with Crippen molar-refractivity contribution in [2.75, 3.05) is 11.4 Å². The highest BCUT2D eigenvalue weighted by atomic mass is 35.5. The Morgan fingerprint density at radius 1 is 1.34 bits per heavy atom. The summed E-state index contributed by atoms with van der Waals surface area (Å²) in [6, 6.07) is 8.62. The molecule has 7 nitrogen and oxygen atoms in total. The average molecular weight is 420 g/mol. The van der Waals surface area contributed by atoms with Gasteiger partial charge in [0.15, 0.2) is 0 Å². The molecule has 0 bridgehead atoms. The van der Waals surface area contributed by atoms with Crippen LogP contribution in [0.15, 0.2) is 36.4 Å². The minimum atomic E-state index is -2.31. The van der Waals surface area contributed by atoms with E-state index < -0.39 is 29.1 Å². The predicted molar refractivity (Wildman–Crippen MR) is 105 cm³/mol. The van der Waals surface area contributed by atoms with Crippen LogP contribution in [-0.2, 0) is 16.1 Å². The van der Waals surface area contributed by atoms with Crippen LogP contribution in [0.5, 0.6) is 0 Å². The fourth-order valence-corrected chi connectivity index (χ4v) is 3.63. The van der Waals surface area contributed by atoms with E-state index >= 15 is 0 Å². The fraction of sp³-hybridized carbons (Fsp3) is 0.250. The SMILES string of the molecule is Cc1cccc(N2CC[C@@](O)(C(=O)NCc3cc(F)cc(Cl)c3)C2=O)c1C(N)=O. The van der Waals surface area contributed by atoms with E-state index in [4.69, 9.17) is 17.3 Å². The number of carbonyl (C=O) groups is 3. The molecule has 1 atom stereocenters. The molecule has 1 aliphatic rings. The minimum Gasteiger partial charge on any atom is -0.372 e. The van der Waals surface area contributed by atoms with Gasteiger partial charge in [-0.25, -0.2) is 4.39 Å². The van der Waals surface area contributed by atoms with E-state index in [0.29, 0.717) is 11.1 Å². The minimum absolute atomic E-state index is 0.0261. The molecule has 2 aromatic carbocycles. The number of nitrogens with two attached hydrogens (primary N) is 1. The van der Waals surface area contributed by atoms with Crippen LogP contribution in [0.1, 0.15) is 27.9 Å². The lowest BCUT2D eigenvalue weighted by atomic mass is 10.0. The van der Waals surface area contributed by atoms with Crippen molar-refractivity contribution in [1.82, 2.24) is 5.32 Å². The molecule has 1 aliphatic heterocycles. The number of nitrogens with zero attached hydrogens (tertiary/aromatic N) is 1. The Kier molecular flexibility index (Phi) is 5.59. The number of rotatable bonds is 5. The first-order valence-corrected chi connectivity index (χ1v) is 9.18. The summed E-state index contributed by atoms with van der Waals surface area (Å²) in [4.78, 5) is 38.4. The first kappa shape index (κ1) is 20.8. The molecule has 0 aromatic heterocycles. The number of amides is 3. The number of nitrogens with one attached hydrogen (secondary N) is 1. The highest BCUT2D eigenvalue weighted by Gasteiger charge is 2.52. The molecule has 0 unspecified atom stereocenters. The van der Waals surface area contributed by atoms with Crippen molar-refractivity contribution >= 4 is 35.0 Å². The molecular formula is C20H19ClFN3O4. The van der Waals surface area contributed by atoms with Crippen LogP contribution in [0.25, 0.3) is 0 Å². The van der Waals surface area contributed by atoms with Gasteiger partial charge in [0, 0.05) is 24.5 Å². The second-order valence-electron chi connectivity index (χ2n) is 6.86. The molecule has 3 rings (SSSR count). The Morgan fingerprint density at radius 2 is 2.07 bits per heavy atom. The summed E-state index contributed by atoms with van der Waals surface area (Å²) in [5, 5.41) is 13.3. The lowest BCUT2D eigenvalue weighted by Crippen LogP contribution is -2.52. The van der Waals surface area contributed by atoms with Crippen LogP contribution in [0, 0.1) is 12.7 Å². The van der Waals surface area contributed by atoms with Crippen LogP contribution < -0.4 is 16.0 Å². The first-order chi connectivity index (χ1) is 13.6. The molecule has 0 spiro atoms. The number of hydrogen-bond acceptors (Lipinski definition) is 4. The van der Waals surface area contributed by atoms with Crippen LogP contribution >= 0.6 is 11.6 Å². The zero-order valence-electron chi connectivity index (χ0n) is 15.5. The molecule has 152 valence electrons. The van der Waals surface area contributed by atoms with Crippen molar-refractivity contribution in [1.29, 1.82) is 0 Å². The lowest BCUT2D eigenvalue weighted by Gasteiger charge is -2.23. The number of aryl methyl sites for hydroxylation is 1. The Balaban J connectivity index is 1.80. The molecule has 0 radical (unpaired) electrons. The van der Waals surface area contributed by atoms with Gasteiger partial charge in [-0.05, 0) is 42.3 Å². The molecule has 0 aliphatic carbocycles. The van der Waals surface area contributed by atoms with Gasteiger partial charge in [-0.3, -0.25) is 14.4 Å². The third kappa shape index (κ3) is 3.94. The second-order valence-corrected chi connectivity index (χ2v) is 7.30. The van der Waals surface area contributed by atoms with E-state index in [2.05, 4.69) is 5.32 Å². The van der Waals surface area contributed by atoms with Gasteiger partial charge in [0.05, 0.1) is 11.3 Å². The molecule has 2 aromatic rings. The maximum Gasteiger partial charge on any atom is 0.268 e. The maximum atomic E-state index is 13.4. The van der Waals surface area contributed by atoms with Crippen LogP contribution in [0.4, 0.5) is 10.1 Å². The summed E-state index contributed by atoms with van der Waals surface area (Å²) >= 11 is 5.78. The maximum absolute atomic E-state index is 13.4. The number of halogens is 2. The lowest BCUT2D eigenvalue weighted by molar-refractivity contribution is -0.149. The molecule has 0 saturated carbocycles. The number of aliphatic hydroxyl groups is 1. The van der Waals surface area contributed by atoms with Crippen LogP contribution in [-0.4, -0.2) is 35.0 Å². The van der Waals surface area contributed by atoms with Crippen molar-refractivity contribution in [2.24, 2.45) is 5.73 Å². The summed E-state index contributed by atoms with van der Waals surface area (Å²) in [5.74, 6) is -3.06. The fourth-order valence-electron chi connectivity index (χ4n) is 3.39.